The summed E-state index contributed by atoms with van der Waals surface area (Å²) in [6.45, 7) is 8.73. The van der Waals surface area contributed by atoms with Crippen molar-refractivity contribution in [3.8, 4) is 0 Å². The number of allylic oxidation sites excluding steroid dienone is 1. The summed E-state index contributed by atoms with van der Waals surface area (Å²) in [5.74, 6) is -0.887. The number of hydrogen-bond donors (Lipinski definition) is 1. The van der Waals surface area contributed by atoms with Crippen LogP contribution in [-0.2, 0) is 19.1 Å². The Morgan fingerprint density at radius 2 is 1.95 bits per heavy atom. The maximum absolute atomic E-state index is 12.0. The molecule has 114 valence electrons. The molecule has 0 saturated carbocycles. The van der Waals surface area contributed by atoms with Gasteiger partial charge < -0.3 is 10.1 Å². The molecule has 0 fully saturated rings. The minimum Gasteiger partial charge on any atom is -0.458 e. The first-order valence-corrected chi connectivity index (χ1v) is 7.62. The number of thioether (sulfide) groups is 1. The molecule has 0 saturated heterocycles. The van der Waals surface area contributed by atoms with Crippen LogP contribution in [0.2, 0.25) is 0 Å². The smallest absolute Gasteiger partial charge is 0.329 e. The van der Waals surface area contributed by atoms with Crippen LogP contribution in [0.15, 0.2) is 12.7 Å². The number of carbonyl (C=O) groups excluding carboxylic acids is 3. The van der Waals surface area contributed by atoms with Crippen LogP contribution in [0.5, 0.6) is 0 Å². The summed E-state index contributed by atoms with van der Waals surface area (Å²) >= 11 is 1.02. The number of carbonyl (C=O) groups is 3. The third-order valence-electron chi connectivity index (χ3n) is 2.20. The van der Waals surface area contributed by atoms with Crippen molar-refractivity contribution < 1.29 is 19.1 Å². The maximum Gasteiger partial charge on any atom is 0.329 e. The van der Waals surface area contributed by atoms with Crippen LogP contribution in [0.3, 0.4) is 0 Å². The van der Waals surface area contributed by atoms with Crippen LogP contribution in [0, 0.1) is 0 Å². The highest BCUT2D eigenvalue weighted by atomic mass is 32.2. The van der Waals surface area contributed by atoms with Gasteiger partial charge in [0.15, 0.2) is 5.12 Å². The van der Waals surface area contributed by atoms with Crippen LogP contribution in [0.25, 0.3) is 0 Å². The van der Waals surface area contributed by atoms with E-state index >= 15 is 0 Å². The monoisotopic (exact) mass is 301 g/mol. The van der Waals surface area contributed by atoms with Crippen molar-refractivity contribution in [2.75, 3.05) is 6.26 Å². The van der Waals surface area contributed by atoms with Gasteiger partial charge in [-0.3, -0.25) is 9.59 Å². The molecule has 0 bridgehead atoms. The Bertz CT molecular complexity index is 374. The van der Waals surface area contributed by atoms with Crippen molar-refractivity contribution in [2.24, 2.45) is 0 Å². The number of hydrogen-bond acceptors (Lipinski definition) is 5. The topological polar surface area (TPSA) is 72.5 Å². The van der Waals surface area contributed by atoms with Crippen molar-refractivity contribution in [1.29, 1.82) is 0 Å². The van der Waals surface area contributed by atoms with Crippen molar-refractivity contribution in [3.05, 3.63) is 12.7 Å². The van der Waals surface area contributed by atoms with E-state index in [4.69, 9.17) is 4.74 Å². The Labute approximate surface area is 124 Å². The van der Waals surface area contributed by atoms with Gasteiger partial charge in [-0.15, -0.1) is 6.58 Å². The molecule has 0 aliphatic heterocycles. The standard InChI is InChI=1S/C14H23NO4S/c1-6-7-8-11(16)15-10(9-12(17)20-5)13(18)19-14(2,3)4/h6,10H,1,7-9H2,2-5H3,(H,15,16). The fraction of sp³-hybridized carbons (Fsp3) is 0.643. The molecule has 1 unspecified atom stereocenters. The lowest BCUT2D eigenvalue weighted by Gasteiger charge is -2.24. The molecule has 0 aliphatic rings. The molecule has 1 atom stereocenters. The van der Waals surface area contributed by atoms with E-state index in [2.05, 4.69) is 11.9 Å². The van der Waals surface area contributed by atoms with Gasteiger partial charge in [-0.25, -0.2) is 4.79 Å². The summed E-state index contributed by atoms with van der Waals surface area (Å²) in [5, 5.41) is 2.37. The molecule has 6 heteroatoms. The second-order valence-electron chi connectivity index (χ2n) is 5.26. The van der Waals surface area contributed by atoms with Gasteiger partial charge in [0.2, 0.25) is 5.91 Å². The first kappa shape index (κ1) is 18.7. The predicted molar refractivity (Wildman–Crippen MR) is 80.3 cm³/mol. The zero-order valence-corrected chi connectivity index (χ0v) is 13.3. The molecule has 20 heavy (non-hydrogen) atoms. The molecule has 0 radical (unpaired) electrons. The van der Waals surface area contributed by atoms with Gasteiger partial charge in [-0.2, -0.15) is 0 Å². The second-order valence-corrected chi connectivity index (χ2v) is 6.12. The SMILES string of the molecule is C=CCCC(=O)NC(CC(=O)SC)C(=O)OC(C)(C)C. The molecule has 0 aliphatic carbocycles. The first-order valence-electron chi connectivity index (χ1n) is 6.39. The molecule has 1 amide bonds. The van der Waals surface area contributed by atoms with Gasteiger partial charge >= 0.3 is 5.97 Å². The van der Waals surface area contributed by atoms with Gasteiger partial charge in [0, 0.05) is 12.8 Å². The summed E-state index contributed by atoms with van der Waals surface area (Å²) in [4.78, 5) is 35.1. The van der Waals surface area contributed by atoms with E-state index in [1.54, 1.807) is 33.1 Å². The Kier molecular flexibility index (Phi) is 8.22. The average molecular weight is 301 g/mol. The molecule has 0 rings (SSSR count). The highest BCUT2D eigenvalue weighted by Crippen LogP contribution is 2.12. The third kappa shape index (κ3) is 8.74. The lowest BCUT2D eigenvalue weighted by atomic mass is 10.1. The van der Waals surface area contributed by atoms with E-state index in [0.29, 0.717) is 6.42 Å². The summed E-state index contributed by atoms with van der Waals surface area (Å²) in [7, 11) is 0. The van der Waals surface area contributed by atoms with E-state index in [1.807, 2.05) is 0 Å². The molecule has 0 heterocycles. The van der Waals surface area contributed by atoms with E-state index in [-0.39, 0.29) is 23.9 Å². The summed E-state index contributed by atoms with van der Waals surface area (Å²) in [5.41, 5.74) is -0.663. The molecular formula is C14H23NO4S. The Hall–Kier alpha value is -1.30. The number of ether oxygens (including phenoxy) is 1. The minimum atomic E-state index is -0.938. The lowest BCUT2D eigenvalue weighted by molar-refractivity contribution is -0.159. The summed E-state index contributed by atoms with van der Waals surface area (Å²) in [6, 6.07) is -0.938. The third-order valence-corrected chi connectivity index (χ3v) is 2.82. The van der Waals surface area contributed by atoms with E-state index in [9.17, 15) is 14.4 Å². The van der Waals surface area contributed by atoms with Crippen LogP contribution in [-0.4, -0.2) is 34.9 Å². The summed E-state index contributed by atoms with van der Waals surface area (Å²) < 4.78 is 5.22. The maximum atomic E-state index is 12.0. The second kappa shape index (κ2) is 8.79. The minimum absolute atomic E-state index is 0.0735. The van der Waals surface area contributed by atoms with Gasteiger partial charge in [-0.1, -0.05) is 17.8 Å². The summed E-state index contributed by atoms with van der Waals surface area (Å²) in [6.07, 6.45) is 3.93. The van der Waals surface area contributed by atoms with Crippen LogP contribution in [0.4, 0.5) is 0 Å². The fourth-order valence-corrected chi connectivity index (χ4v) is 1.65. The zero-order chi connectivity index (χ0) is 15.8. The highest BCUT2D eigenvalue weighted by Gasteiger charge is 2.28. The van der Waals surface area contributed by atoms with Crippen molar-refractivity contribution in [1.82, 2.24) is 5.32 Å². The van der Waals surface area contributed by atoms with E-state index in [0.717, 1.165) is 11.8 Å². The number of esters is 1. The Morgan fingerprint density at radius 1 is 1.35 bits per heavy atom. The Morgan fingerprint density at radius 3 is 2.40 bits per heavy atom. The van der Waals surface area contributed by atoms with E-state index in [1.165, 1.54) is 0 Å². The highest BCUT2D eigenvalue weighted by molar-refractivity contribution is 8.13. The largest absolute Gasteiger partial charge is 0.458 e. The molecule has 5 nitrogen and oxygen atoms in total. The normalized spacial score (nSPS) is 12.4. The average Bonchev–Trinajstić information content (AvgIpc) is 2.33. The zero-order valence-electron chi connectivity index (χ0n) is 12.5. The number of rotatable bonds is 7. The van der Waals surface area contributed by atoms with E-state index < -0.39 is 17.6 Å². The van der Waals surface area contributed by atoms with Crippen molar-refractivity contribution in [2.45, 2.75) is 51.7 Å². The van der Waals surface area contributed by atoms with Crippen LogP contribution >= 0.6 is 11.8 Å². The van der Waals surface area contributed by atoms with Crippen molar-refractivity contribution in [3.63, 3.8) is 0 Å². The number of nitrogens with one attached hydrogen (secondary N) is 1. The molecule has 0 aromatic heterocycles. The van der Waals surface area contributed by atoms with Gasteiger partial charge in [0.25, 0.3) is 0 Å². The molecular weight excluding hydrogens is 278 g/mol. The van der Waals surface area contributed by atoms with Crippen LogP contribution < -0.4 is 5.32 Å². The predicted octanol–water partition coefficient (Wildman–Crippen LogP) is 2.06. The molecule has 1 N–H and O–H groups in total. The van der Waals surface area contributed by atoms with Gasteiger partial charge in [0.05, 0.1) is 0 Å². The van der Waals surface area contributed by atoms with Crippen molar-refractivity contribution >= 4 is 28.8 Å². The fourth-order valence-electron chi connectivity index (χ4n) is 1.32. The molecule has 0 aromatic carbocycles. The lowest BCUT2D eigenvalue weighted by Crippen LogP contribution is -2.45. The quantitative estimate of drug-likeness (QED) is 0.575. The molecule has 0 aromatic rings. The van der Waals surface area contributed by atoms with Gasteiger partial charge in [0.1, 0.15) is 11.6 Å². The Balaban J connectivity index is 4.71. The number of amides is 1. The first-order chi connectivity index (χ1) is 9.19. The van der Waals surface area contributed by atoms with Crippen LogP contribution in [0.1, 0.15) is 40.0 Å². The molecule has 0 spiro atoms. The van der Waals surface area contributed by atoms with Gasteiger partial charge in [-0.05, 0) is 33.4 Å².